The van der Waals surface area contributed by atoms with Gasteiger partial charge in [0.05, 0.1) is 24.7 Å². The van der Waals surface area contributed by atoms with E-state index in [-0.39, 0.29) is 24.6 Å². The van der Waals surface area contributed by atoms with Crippen LogP contribution in [0.3, 0.4) is 0 Å². The number of benzene rings is 1. The van der Waals surface area contributed by atoms with Crippen molar-refractivity contribution < 1.29 is 19.1 Å². The summed E-state index contributed by atoms with van der Waals surface area (Å²) in [4.78, 5) is 56.4. The molecule has 0 saturated heterocycles. The Labute approximate surface area is 195 Å². The Morgan fingerprint density at radius 1 is 1.21 bits per heavy atom. The van der Waals surface area contributed by atoms with Crippen molar-refractivity contribution in [1.29, 1.82) is 0 Å². The van der Waals surface area contributed by atoms with Crippen molar-refractivity contribution >= 4 is 34.6 Å². The molecule has 1 aromatic carbocycles. The van der Waals surface area contributed by atoms with Crippen LogP contribution >= 0.6 is 0 Å². The fourth-order valence-electron chi connectivity index (χ4n) is 3.22. The van der Waals surface area contributed by atoms with Gasteiger partial charge in [-0.2, -0.15) is 0 Å². The number of imidazole rings is 1. The number of pyridine rings is 1. The Morgan fingerprint density at radius 2 is 2.00 bits per heavy atom. The molecule has 0 fully saturated rings. The summed E-state index contributed by atoms with van der Waals surface area (Å²) in [5, 5.41) is 7.47. The molecule has 0 spiro atoms. The lowest BCUT2D eigenvalue weighted by molar-refractivity contribution is -0.118. The van der Waals surface area contributed by atoms with Crippen molar-refractivity contribution in [1.82, 2.24) is 25.2 Å². The summed E-state index contributed by atoms with van der Waals surface area (Å²) in [5.41, 5.74) is 1.28. The summed E-state index contributed by atoms with van der Waals surface area (Å²) in [6.45, 7) is 0.186. The molecule has 0 radical (unpaired) electrons. The van der Waals surface area contributed by atoms with Gasteiger partial charge < -0.3 is 30.2 Å². The minimum absolute atomic E-state index is 0.0566. The van der Waals surface area contributed by atoms with Gasteiger partial charge in [0.1, 0.15) is 17.6 Å². The maximum Gasteiger partial charge on any atom is 0.407 e. The third-order valence-electron chi connectivity index (χ3n) is 4.97. The average Bonchev–Trinajstić information content (AvgIpc) is 3.25. The highest BCUT2D eigenvalue weighted by Crippen LogP contribution is 2.11. The first kappa shape index (κ1) is 24.2. The van der Waals surface area contributed by atoms with Crippen LogP contribution in [0.2, 0.25) is 0 Å². The van der Waals surface area contributed by atoms with Crippen LogP contribution in [0.4, 0.5) is 10.5 Å². The summed E-state index contributed by atoms with van der Waals surface area (Å²) < 4.78 is 6.01. The number of para-hydroxylation sites is 2. The molecular weight excluding hydrogens is 440 g/mol. The number of hydrogen-bond donors (Lipinski definition) is 4. The standard InChI is InChI=1S/C23H26N6O5/c1-24-20(30)12-6-5-10-17(28-23(33)34-2)21(31)27-18-11-7-13-29(22(18)32)14-19-25-15-8-3-4-9-16(15)26-19/h3-4,6-9,11-13,17H,5,10,14H2,1-2H3,(H,24,30)(H,25,26)(H,27,31)(H,28,33). The van der Waals surface area contributed by atoms with Gasteiger partial charge in [0.15, 0.2) is 0 Å². The molecule has 2 aromatic heterocycles. The number of fused-ring (bicyclic) bond motifs is 1. The number of rotatable bonds is 9. The molecule has 11 heteroatoms. The molecule has 0 aliphatic heterocycles. The smallest absolute Gasteiger partial charge is 0.407 e. The number of methoxy groups -OCH3 is 1. The summed E-state index contributed by atoms with van der Waals surface area (Å²) in [6.07, 6.45) is 4.25. The molecule has 4 N–H and O–H groups in total. The van der Waals surface area contributed by atoms with Gasteiger partial charge in [0.2, 0.25) is 11.8 Å². The minimum atomic E-state index is -0.981. The fraction of sp³-hybridized carbons (Fsp3) is 0.261. The van der Waals surface area contributed by atoms with E-state index in [0.717, 1.165) is 11.0 Å². The van der Waals surface area contributed by atoms with Gasteiger partial charge in [-0.1, -0.05) is 18.2 Å². The number of nitrogens with zero attached hydrogens (tertiary/aromatic N) is 2. The number of nitrogens with one attached hydrogen (secondary N) is 4. The monoisotopic (exact) mass is 466 g/mol. The second-order valence-corrected chi connectivity index (χ2v) is 7.33. The second-order valence-electron chi connectivity index (χ2n) is 7.33. The lowest BCUT2D eigenvalue weighted by Crippen LogP contribution is -2.44. The first-order valence-corrected chi connectivity index (χ1v) is 10.6. The van der Waals surface area contributed by atoms with Gasteiger partial charge in [-0.15, -0.1) is 0 Å². The molecule has 34 heavy (non-hydrogen) atoms. The predicted molar refractivity (Wildman–Crippen MR) is 126 cm³/mol. The number of carbonyl (C=O) groups excluding carboxylic acids is 3. The van der Waals surface area contributed by atoms with Crippen molar-refractivity contribution in [2.24, 2.45) is 0 Å². The van der Waals surface area contributed by atoms with Gasteiger partial charge in [0.25, 0.3) is 5.56 Å². The van der Waals surface area contributed by atoms with Crippen LogP contribution in [0.1, 0.15) is 18.7 Å². The molecule has 178 valence electrons. The van der Waals surface area contributed by atoms with E-state index < -0.39 is 23.6 Å². The molecular formula is C23H26N6O5. The van der Waals surface area contributed by atoms with Crippen LogP contribution < -0.4 is 21.5 Å². The Bertz CT molecular complexity index is 1230. The second kappa shape index (κ2) is 11.5. The first-order chi connectivity index (χ1) is 16.4. The van der Waals surface area contributed by atoms with Gasteiger partial charge in [-0.25, -0.2) is 9.78 Å². The number of carbonyl (C=O) groups is 3. The SMILES string of the molecule is CNC(=O)C=CCCC(NC(=O)OC)C(=O)Nc1cccn(Cc2nc3ccccc3[nH]2)c1=O. The first-order valence-electron chi connectivity index (χ1n) is 10.6. The molecule has 3 rings (SSSR count). The highest BCUT2D eigenvalue weighted by atomic mass is 16.5. The quantitative estimate of drug-likeness (QED) is 0.352. The lowest BCUT2D eigenvalue weighted by Gasteiger charge is -2.17. The number of allylic oxidation sites excluding steroid dienone is 1. The van der Waals surface area contributed by atoms with Crippen molar-refractivity contribution in [2.75, 3.05) is 19.5 Å². The van der Waals surface area contributed by atoms with Crippen LogP contribution in [0, 0.1) is 0 Å². The molecule has 0 aliphatic rings. The van der Waals surface area contributed by atoms with E-state index in [0.29, 0.717) is 12.2 Å². The number of alkyl carbamates (subject to hydrolysis) is 1. The third kappa shape index (κ3) is 6.31. The zero-order valence-corrected chi connectivity index (χ0v) is 18.8. The van der Waals surface area contributed by atoms with Crippen LogP contribution in [-0.2, 0) is 20.9 Å². The van der Waals surface area contributed by atoms with Gasteiger partial charge in [-0.3, -0.25) is 14.4 Å². The maximum absolute atomic E-state index is 12.9. The van der Waals surface area contributed by atoms with Gasteiger partial charge in [0, 0.05) is 13.2 Å². The maximum atomic E-state index is 12.9. The zero-order chi connectivity index (χ0) is 24.5. The van der Waals surface area contributed by atoms with E-state index in [1.165, 1.54) is 30.9 Å². The normalized spacial score (nSPS) is 11.8. The summed E-state index contributed by atoms with van der Waals surface area (Å²) >= 11 is 0. The summed E-state index contributed by atoms with van der Waals surface area (Å²) in [6, 6.07) is 9.66. The van der Waals surface area contributed by atoms with E-state index in [2.05, 4.69) is 30.7 Å². The molecule has 1 atom stereocenters. The topological polar surface area (TPSA) is 147 Å². The van der Waals surface area contributed by atoms with Gasteiger partial charge in [-0.05, 0) is 43.2 Å². The Hall–Kier alpha value is -4.41. The molecule has 1 unspecified atom stereocenters. The average molecular weight is 466 g/mol. The van der Waals surface area contributed by atoms with E-state index in [9.17, 15) is 19.2 Å². The molecule has 0 aliphatic carbocycles. The van der Waals surface area contributed by atoms with Crippen molar-refractivity contribution in [3.63, 3.8) is 0 Å². The number of anilines is 1. The Balaban J connectivity index is 1.72. The van der Waals surface area contributed by atoms with Crippen molar-refractivity contribution in [3.05, 3.63) is 70.9 Å². The van der Waals surface area contributed by atoms with Crippen molar-refractivity contribution in [2.45, 2.75) is 25.4 Å². The molecule has 3 amide bonds. The lowest BCUT2D eigenvalue weighted by atomic mass is 10.1. The van der Waals surface area contributed by atoms with Crippen molar-refractivity contribution in [3.8, 4) is 0 Å². The van der Waals surface area contributed by atoms with Gasteiger partial charge >= 0.3 is 6.09 Å². The Morgan fingerprint density at radius 3 is 2.74 bits per heavy atom. The molecule has 0 saturated carbocycles. The van der Waals surface area contributed by atoms with Crippen LogP contribution in [0.15, 0.2) is 59.5 Å². The molecule has 3 aromatic rings. The predicted octanol–water partition coefficient (Wildman–Crippen LogP) is 1.52. The highest BCUT2D eigenvalue weighted by Gasteiger charge is 2.22. The Kier molecular flexibility index (Phi) is 8.16. The van der Waals surface area contributed by atoms with E-state index in [1.54, 1.807) is 18.3 Å². The third-order valence-corrected chi connectivity index (χ3v) is 4.97. The number of amides is 3. The zero-order valence-electron chi connectivity index (χ0n) is 18.8. The number of aromatic nitrogens is 3. The fourth-order valence-corrected chi connectivity index (χ4v) is 3.22. The number of ether oxygens (including phenoxy) is 1. The number of H-pyrrole nitrogens is 1. The van der Waals surface area contributed by atoms with E-state index in [4.69, 9.17) is 0 Å². The van der Waals surface area contributed by atoms with Crippen LogP contribution in [0.5, 0.6) is 0 Å². The molecule has 2 heterocycles. The molecule has 11 nitrogen and oxygen atoms in total. The highest BCUT2D eigenvalue weighted by molar-refractivity contribution is 5.96. The number of aromatic amines is 1. The summed E-state index contributed by atoms with van der Waals surface area (Å²) in [7, 11) is 2.69. The molecule has 0 bridgehead atoms. The number of hydrogen-bond acceptors (Lipinski definition) is 6. The van der Waals surface area contributed by atoms with E-state index >= 15 is 0 Å². The summed E-state index contributed by atoms with van der Waals surface area (Å²) in [5.74, 6) is -0.270. The minimum Gasteiger partial charge on any atom is -0.453 e. The van der Waals surface area contributed by atoms with Crippen LogP contribution in [-0.4, -0.2) is 52.6 Å². The van der Waals surface area contributed by atoms with Crippen LogP contribution in [0.25, 0.3) is 11.0 Å². The largest absolute Gasteiger partial charge is 0.453 e. The number of likely N-dealkylation sites (N-methyl/N-ethyl adjacent to an activating group) is 1. The van der Waals surface area contributed by atoms with E-state index in [1.807, 2.05) is 24.3 Å².